The third-order valence-electron chi connectivity index (χ3n) is 3.20. The molecule has 94 valence electrons. The molecule has 0 radical (unpaired) electrons. The van der Waals surface area contributed by atoms with E-state index in [2.05, 4.69) is 6.58 Å². The molecule has 4 atom stereocenters. The number of hydrogen-bond acceptors (Lipinski definition) is 3. The van der Waals surface area contributed by atoms with E-state index in [-0.39, 0.29) is 24.0 Å². The second-order valence-corrected chi connectivity index (χ2v) is 5.25. The number of aliphatic hydroxyl groups is 1. The quantitative estimate of drug-likeness (QED) is 0.734. The average molecular weight is 228 g/mol. The lowest BCUT2D eigenvalue weighted by Gasteiger charge is -2.25. The van der Waals surface area contributed by atoms with Crippen molar-refractivity contribution in [1.82, 2.24) is 0 Å². The van der Waals surface area contributed by atoms with Crippen LogP contribution < -0.4 is 0 Å². The summed E-state index contributed by atoms with van der Waals surface area (Å²) in [7, 11) is 0. The Morgan fingerprint density at radius 3 is 2.56 bits per heavy atom. The van der Waals surface area contributed by atoms with E-state index in [1.807, 2.05) is 27.7 Å². The Balaban J connectivity index is 2.40. The smallest absolute Gasteiger partial charge is 0.163 e. The first-order chi connectivity index (χ1) is 7.35. The lowest BCUT2D eigenvalue weighted by Crippen LogP contribution is -2.29. The molecular weight excluding hydrogens is 204 g/mol. The summed E-state index contributed by atoms with van der Waals surface area (Å²) in [5.41, 5.74) is 0. The molecule has 1 rings (SSSR count). The molecule has 0 aliphatic carbocycles. The summed E-state index contributed by atoms with van der Waals surface area (Å²) in [6.07, 6.45) is 2.35. The molecule has 1 aliphatic rings. The Kier molecular flexibility index (Phi) is 4.53. The van der Waals surface area contributed by atoms with Gasteiger partial charge in [0.1, 0.15) is 0 Å². The number of aliphatic hydroxyl groups excluding tert-OH is 1. The summed E-state index contributed by atoms with van der Waals surface area (Å²) in [5.74, 6) is -0.166. The van der Waals surface area contributed by atoms with E-state index < -0.39 is 5.79 Å². The van der Waals surface area contributed by atoms with E-state index in [0.717, 1.165) is 6.42 Å². The average Bonchev–Trinajstić information content (AvgIpc) is 2.55. The molecule has 1 N–H and O–H groups in total. The lowest BCUT2D eigenvalue weighted by atomic mass is 9.89. The first-order valence-corrected chi connectivity index (χ1v) is 5.98. The molecule has 1 aliphatic heterocycles. The molecule has 0 amide bonds. The largest absolute Gasteiger partial charge is 0.392 e. The molecule has 0 aromatic carbocycles. The molecule has 3 heteroatoms. The number of hydrogen-bond donors (Lipinski definition) is 1. The Labute approximate surface area is 98.4 Å². The van der Waals surface area contributed by atoms with E-state index in [4.69, 9.17) is 9.47 Å². The Morgan fingerprint density at radius 2 is 2.12 bits per heavy atom. The fourth-order valence-electron chi connectivity index (χ4n) is 2.09. The van der Waals surface area contributed by atoms with Gasteiger partial charge in [-0.1, -0.05) is 19.9 Å². The molecule has 0 aromatic heterocycles. The van der Waals surface area contributed by atoms with Gasteiger partial charge in [-0.15, -0.1) is 6.58 Å². The van der Waals surface area contributed by atoms with Crippen molar-refractivity contribution in [2.24, 2.45) is 11.8 Å². The minimum absolute atomic E-state index is 0.0941. The van der Waals surface area contributed by atoms with Gasteiger partial charge in [0.15, 0.2) is 5.79 Å². The summed E-state index contributed by atoms with van der Waals surface area (Å²) in [6.45, 7) is 12.2. The molecule has 1 fully saturated rings. The Hall–Kier alpha value is -0.380. The highest BCUT2D eigenvalue weighted by Gasteiger charge is 2.34. The van der Waals surface area contributed by atoms with E-state index in [9.17, 15) is 5.11 Å². The van der Waals surface area contributed by atoms with E-state index in [1.165, 1.54) is 0 Å². The van der Waals surface area contributed by atoms with E-state index in [0.29, 0.717) is 6.61 Å². The zero-order valence-electron chi connectivity index (χ0n) is 10.8. The summed E-state index contributed by atoms with van der Waals surface area (Å²) in [6, 6.07) is 0. The fourth-order valence-corrected chi connectivity index (χ4v) is 2.09. The zero-order valence-corrected chi connectivity index (χ0v) is 10.8. The standard InChI is InChI=1S/C13H24O3/c1-6-9(2)12(14)10(3)7-11-8-15-13(4,5)16-11/h6,9-12,14H,1,7-8H2,2-5H3/t9-,10-,11-,12+/m0/s1. The molecule has 0 bridgehead atoms. The van der Waals surface area contributed by atoms with Gasteiger partial charge in [0.05, 0.1) is 18.8 Å². The van der Waals surface area contributed by atoms with Crippen molar-refractivity contribution in [1.29, 1.82) is 0 Å². The topological polar surface area (TPSA) is 38.7 Å². The predicted octanol–water partition coefficient (Wildman–Crippen LogP) is 2.35. The molecule has 0 aromatic rings. The van der Waals surface area contributed by atoms with Gasteiger partial charge in [0, 0.05) is 0 Å². The first-order valence-electron chi connectivity index (χ1n) is 5.98. The van der Waals surface area contributed by atoms with Crippen LogP contribution in [0.1, 0.15) is 34.1 Å². The minimum Gasteiger partial charge on any atom is -0.392 e. The van der Waals surface area contributed by atoms with Crippen LogP contribution >= 0.6 is 0 Å². The van der Waals surface area contributed by atoms with Crippen molar-refractivity contribution >= 4 is 0 Å². The van der Waals surface area contributed by atoms with Gasteiger partial charge in [-0.3, -0.25) is 0 Å². The maximum Gasteiger partial charge on any atom is 0.163 e. The molecule has 0 saturated carbocycles. The molecular formula is C13H24O3. The summed E-state index contributed by atoms with van der Waals surface area (Å²) >= 11 is 0. The van der Waals surface area contributed by atoms with Gasteiger partial charge in [0.25, 0.3) is 0 Å². The van der Waals surface area contributed by atoms with Crippen LogP contribution in [-0.4, -0.2) is 29.7 Å². The van der Waals surface area contributed by atoms with Crippen LogP contribution in [0.4, 0.5) is 0 Å². The van der Waals surface area contributed by atoms with Crippen molar-refractivity contribution in [3.8, 4) is 0 Å². The number of ether oxygens (including phenoxy) is 2. The van der Waals surface area contributed by atoms with Crippen LogP contribution in [0.3, 0.4) is 0 Å². The van der Waals surface area contributed by atoms with Crippen LogP contribution in [0, 0.1) is 11.8 Å². The van der Waals surface area contributed by atoms with Crippen molar-refractivity contribution in [3.05, 3.63) is 12.7 Å². The molecule has 3 nitrogen and oxygen atoms in total. The minimum atomic E-state index is -0.473. The van der Waals surface area contributed by atoms with Crippen LogP contribution in [0.25, 0.3) is 0 Å². The second-order valence-electron chi connectivity index (χ2n) is 5.25. The summed E-state index contributed by atoms with van der Waals surface area (Å²) in [4.78, 5) is 0. The zero-order chi connectivity index (χ0) is 12.3. The van der Waals surface area contributed by atoms with E-state index >= 15 is 0 Å². The fraction of sp³-hybridized carbons (Fsp3) is 0.846. The monoisotopic (exact) mass is 228 g/mol. The molecule has 0 unspecified atom stereocenters. The maximum absolute atomic E-state index is 10.0. The second kappa shape index (κ2) is 5.30. The summed E-state index contributed by atoms with van der Waals surface area (Å²) in [5, 5.41) is 10.0. The summed E-state index contributed by atoms with van der Waals surface area (Å²) < 4.78 is 11.2. The molecule has 1 heterocycles. The van der Waals surface area contributed by atoms with Gasteiger partial charge in [-0.25, -0.2) is 0 Å². The lowest BCUT2D eigenvalue weighted by molar-refractivity contribution is -0.141. The molecule has 1 saturated heterocycles. The SMILES string of the molecule is C=C[C@H](C)[C@@H](O)[C@@H](C)C[C@H]1COC(C)(C)O1. The van der Waals surface area contributed by atoms with E-state index in [1.54, 1.807) is 6.08 Å². The van der Waals surface area contributed by atoms with Crippen LogP contribution in [0.5, 0.6) is 0 Å². The predicted molar refractivity (Wildman–Crippen MR) is 64.1 cm³/mol. The third-order valence-corrected chi connectivity index (χ3v) is 3.20. The van der Waals surface area contributed by atoms with Gasteiger partial charge in [0.2, 0.25) is 0 Å². The highest BCUT2D eigenvalue weighted by Crippen LogP contribution is 2.28. The normalized spacial score (nSPS) is 29.7. The van der Waals surface area contributed by atoms with Crippen LogP contribution in [0.15, 0.2) is 12.7 Å². The van der Waals surface area contributed by atoms with Gasteiger partial charge < -0.3 is 14.6 Å². The van der Waals surface area contributed by atoms with Gasteiger partial charge in [-0.05, 0) is 32.1 Å². The van der Waals surface area contributed by atoms with Crippen molar-refractivity contribution in [2.45, 2.75) is 52.1 Å². The van der Waals surface area contributed by atoms with Gasteiger partial charge >= 0.3 is 0 Å². The first kappa shape index (κ1) is 13.7. The Bertz CT molecular complexity index is 237. The van der Waals surface area contributed by atoms with Crippen LogP contribution in [0.2, 0.25) is 0 Å². The van der Waals surface area contributed by atoms with Crippen molar-refractivity contribution in [3.63, 3.8) is 0 Å². The molecule has 16 heavy (non-hydrogen) atoms. The molecule has 0 spiro atoms. The van der Waals surface area contributed by atoms with Crippen molar-refractivity contribution < 1.29 is 14.6 Å². The third kappa shape index (κ3) is 3.58. The Morgan fingerprint density at radius 1 is 1.50 bits per heavy atom. The van der Waals surface area contributed by atoms with Gasteiger partial charge in [-0.2, -0.15) is 0 Å². The highest BCUT2D eigenvalue weighted by atomic mass is 16.7. The number of rotatable bonds is 5. The van der Waals surface area contributed by atoms with Crippen molar-refractivity contribution in [2.75, 3.05) is 6.61 Å². The van der Waals surface area contributed by atoms with Crippen LogP contribution in [-0.2, 0) is 9.47 Å². The maximum atomic E-state index is 10.0. The highest BCUT2D eigenvalue weighted by molar-refractivity contribution is 4.85.